The quantitative estimate of drug-likeness (QED) is 0.458. The van der Waals surface area contributed by atoms with E-state index in [0.29, 0.717) is 11.8 Å². The summed E-state index contributed by atoms with van der Waals surface area (Å²) in [6.07, 6.45) is 7.49. The van der Waals surface area contributed by atoms with Gasteiger partial charge >= 0.3 is 0 Å². The molecule has 3 atom stereocenters. The first kappa shape index (κ1) is 24.0. The van der Waals surface area contributed by atoms with Crippen molar-refractivity contribution in [2.45, 2.75) is 48.8 Å². The molecule has 0 spiro atoms. The van der Waals surface area contributed by atoms with Gasteiger partial charge in [-0.3, -0.25) is 9.59 Å². The number of nitrogens with zero attached hydrogens (tertiary/aromatic N) is 1. The lowest BCUT2D eigenvalue weighted by atomic mass is 9.83. The highest BCUT2D eigenvalue weighted by Gasteiger charge is 2.42. The minimum absolute atomic E-state index is 0.0248. The van der Waals surface area contributed by atoms with Crippen LogP contribution in [0, 0.1) is 12.8 Å². The highest BCUT2D eigenvalue weighted by atomic mass is 32.2. The minimum Gasteiger partial charge on any atom is -0.356 e. The molecule has 0 radical (unpaired) electrons. The molecule has 0 bridgehead atoms. The van der Waals surface area contributed by atoms with Crippen LogP contribution < -0.4 is 5.32 Å². The summed E-state index contributed by atoms with van der Waals surface area (Å²) in [6.45, 7) is 2.71. The number of rotatable bonds is 6. The van der Waals surface area contributed by atoms with E-state index in [1.54, 1.807) is 23.5 Å². The lowest BCUT2D eigenvalue weighted by Gasteiger charge is -2.44. The molecule has 4 rings (SSSR count). The summed E-state index contributed by atoms with van der Waals surface area (Å²) < 4.78 is 0. The summed E-state index contributed by atoms with van der Waals surface area (Å²) in [5, 5.41) is 3.48. The van der Waals surface area contributed by atoms with Crippen LogP contribution in [0.25, 0.3) is 6.08 Å². The standard InChI is InChI=1S/C27H32N2O2S2/c1-18-5-4-6-20(15-18)16-25-27(31)29(2)23-17-21(9-12-24(23)33-25)26(30)28-14-13-19-7-10-22(32-3)11-8-19/h4-8,10-11,15-16,21,23-24H,9,12-14,17H2,1-3H3,(H,28,30)/b25-16+. The Morgan fingerprint density at radius 3 is 2.73 bits per heavy atom. The van der Waals surface area contributed by atoms with Crippen LogP contribution in [0.4, 0.5) is 0 Å². The number of nitrogens with one attached hydrogen (secondary N) is 1. The van der Waals surface area contributed by atoms with Crippen molar-refractivity contribution in [1.82, 2.24) is 10.2 Å². The van der Waals surface area contributed by atoms with Gasteiger partial charge in [0.1, 0.15) is 0 Å². The van der Waals surface area contributed by atoms with E-state index in [9.17, 15) is 9.59 Å². The number of carbonyl (C=O) groups is 2. The predicted molar refractivity (Wildman–Crippen MR) is 139 cm³/mol. The van der Waals surface area contributed by atoms with E-state index in [-0.39, 0.29) is 23.8 Å². The molecule has 2 fully saturated rings. The molecule has 1 aliphatic carbocycles. The van der Waals surface area contributed by atoms with Gasteiger partial charge in [-0.15, -0.1) is 23.5 Å². The first-order valence-electron chi connectivity index (χ1n) is 11.6. The van der Waals surface area contributed by atoms with Gasteiger partial charge in [0.05, 0.1) is 4.91 Å². The number of fused-ring (bicyclic) bond motifs is 1. The molecule has 2 amide bonds. The van der Waals surface area contributed by atoms with Gasteiger partial charge in [-0.2, -0.15) is 0 Å². The second-order valence-corrected chi connectivity index (χ2v) is 11.1. The summed E-state index contributed by atoms with van der Waals surface area (Å²) in [5.74, 6) is 0.168. The van der Waals surface area contributed by atoms with E-state index in [1.807, 2.05) is 30.2 Å². The van der Waals surface area contributed by atoms with Crippen molar-refractivity contribution in [2.75, 3.05) is 19.8 Å². The van der Waals surface area contributed by atoms with Crippen molar-refractivity contribution in [3.63, 3.8) is 0 Å². The average molecular weight is 481 g/mol. The Labute approximate surface area is 205 Å². The fourth-order valence-corrected chi connectivity index (χ4v) is 6.60. The fourth-order valence-electron chi connectivity index (χ4n) is 4.71. The van der Waals surface area contributed by atoms with Crippen LogP contribution in [-0.2, 0) is 16.0 Å². The van der Waals surface area contributed by atoms with Gasteiger partial charge in [-0.25, -0.2) is 0 Å². The fraction of sp³-hybridized carbons (Fsp3) is 0.407. The molecule has 1 aliphatic heterocycles. The molecule has 1 heterocycles. The molecule has 2 aromatic carbocycles. The number of aryl methyl sites for hydroxylation is 1. The number of thioether (sulfide) groups is 2. The molecule has 4 nitrogen and oxygen atoms in total. The Balaban J connectivity index is 1.32. The molecule has 6 heteroatoms. The van der Waals surface area contributed by atoms with Gasteiger partial charge in [0.25, 0.3) is 5.91 Å². The van der Waals surface area contributed by atoms with E-state index >= 15 is 0 Å². The Hall–Kier alpha value is -2.18. The number of likely N-dealkylation sites (N-methyl/N-ethyl adjacent to an activating group) is 1. The van der Waals surface area contributed by atoms with Crippen LogP contribution in [0.1, 0.15) is 36.0 Å². The van der Waals surface area contributed by atoms with E-state index in [0.717, 1.165) is 36.2 Å². The van der Waals surface area contributed by atoms with Crippen molar-refractivity contribution >= 4 is 41.4 Å². The zero-order chi connectivity index (χ0) is 23.4. The average Bonchev–Trinajstić information content (AvgIpc) is 2.82. The van der Waals surface area contributed by atoms with E-state index < -0.39 is 0 Å². The third kappa shape index (κ3) is 5.85. The van der Waals surface area contributed by atoms with Crippen molar-refractivity contribution in [3.05, 3.63) is 70.1 Å². The summed E-state index contributed by atoms with van der Waals surface area (Å²) in [4.78, 5) is 29.8. The maximum atomic E-state index is 13.1. The molecule has 1 saturated heterocycles. The molecular formula is C27H32N2O2S2. The highest BCUT2D eigenvalue weighted by molar-refractivity contribution is 8.04. The SMILES string of the molecule is CSc1ccc(CCNC(=O)C2CCC3S/C(=C/c4cccc(C)c4)C(=O)N(C)C3C2)cc1. The lowest BCUT2D eigenvalue weighted by molar-refractivity contribution is -0.131. The van der Waals surface area contributed by atoms with Crippen LogP contribution in [0.15, 0.2) is 58.3 Å². The van der Waals surface area contributed by atoms with Gasteiger partial charge in [-0.1, -0.05) is 42.0 Å². The Morgan fingerprint density at radius 1 is 1.21 bits per heavy atom. The maximum absolute atomic E-state index is 13.1. The summed E-state index contributed by atoms with van der Waals surface area (Å²) in [6, 6.07) is 16.8. The monoisotopic (exact) mass is 480 g/mol. The topological polar surface area (TPSA) is 49.4 Å². The number of carbonyl (C=O) groups excluding carboxylic acids is 2. The van der Waals surface area contributed by atoms with Crippen LogP contribution in [0.5, 0.6) is 0 Å². The van der Waals surface area contributed by atoms with Gasteiger partial charge in [0.2, 0.25) is 5.91 Å². The van der Waals surface area contributed by atoms with E-state index in [1.165, 1.54) is 16.0 Å². The normalized spacial score (nSPS) is 24.0. The van der Waals surface area contributed by atoms with Crippen LogP contribution in [0.3, 0.4) is 0 Å². The van der Waals surface area contributed by atoms with Crippen LogP contribution >= 0.6 is 23.5 Å². The third-order valence-electron chi connectivity index (χ3n) is 6.64. The summed E-state index contributed by atoms with van der Waals surface area (Å²) in [7, 11) is 1.89. The Kier molecular flexibility index (Phi) is 7.86. The molecule has 174 valence electrons. The van der Waals surface area contributed by atoms with Crippen molar-refractivity contribution in [1.29, 1.82) is 0 Å². The Morgan fingerprint density at radius 2 is 2.00 bits per heavy atom. The van der Waals surface area contributed by atoms with E-state index in [4.69, 9.17) is 0 Å². The second-order valence-electron chi connectivity index (χ2n) is 8.96. The molecule has 33 heavy (non-hydrogen) atoms. The van der Waals surface area contributed by atoms with Gasteiger partial charge in [0, 0.05) is 35.7 Å². The molecule has 0 aromatic heterocycles. The molecule has 1 saturated carbocycles. The Bertz CT molecular complexity index is 1030. The van der Waals surface area contributed by atoms with Crippen LogP contribution in [0.2, 0.25) is 0 Å². The van der Waals surface area contributed by atoms with Crippen molar-refractivity contribution in [3.8, 4) is 0 Å². The zero-order valence-corrected chi connectivity index (χ0v) is 21.2. The van der Waals surface area contributed by atoms with Crippen LogP contribution in [-0.4, -0.2) is 47.9 Å². The predicted octanol–water partition coefficient (Wildman–Crippen LogP) is 5.16. The third-order valence-corrected chi connectivity index (χ3v) is 8.79. The second kappa shape index (κ2) is 10.8. The first-order chi connectivity index (χ1) is 15.9. The molecular weight excluding hydrogens is 448 g/mol. The number of hydrogen-bond acceptors (Lipinski definition) is 4. The van der Waals surface area contributed by atoms with E-state index in [2.05, 4.69) is 54.9 Å². The maximum Gasteiger partial charge on any atom is 0.260 e. The first-order valence-corrected chi connectivity index (χ1v) is 13.7. The number of amides is 2. The largest absolute Gasteiger partial charge is 0.356 e. The summed E-state index contributed by atoms with van der Waals surface area (Å²) >= 11 is 3.43. The molecule has 1 N–H and O–H groups in total. The highest BCUT2D eigenvalue weighted by Crippen LogP contribution is 2.43. The van der Waals surface area contributed by atoms with Crippen molar-refractivity contribution < 1.29 is 9.59 Å². The zero-order valence-electron chi connectivity index (χ0n) is 19.5. The lowest BCUT2D eigenvalue weighted by Crippen LogP contribution is -2.52. The number of benzene rings is 2. The van der Waals surface area contributed by atoms with Crippen molar-refractivity contribution in [2.24, 2.45) is 5.92 Å². The smallest absolute Gasteiger partial charge is 0.260 e. The van der Waals surface area contributed by atoms with Gasteiger partial charge in [-0.05, 0) is 68.2 Å². The molecule has 3 unspecified atom stereocenters. The molecule has 2 aromatic rings. The minimum atomic E-state index is -0.0248. The number of hydrogen-bond donors (Lipinski definition) is 1. The van der Waals surface area contributed by atoms with Gasteiger partial charge < -0.3 is 10.2 Å². The summed E-state index contributed by atoms with van der Waals surface area (Å²) in [5.41, 5.74) is 3.49. The molecule has 2 aliphatic rings. The van der Waals surface area contributed by atoms with Gasteiger partial charge in [0.15, 0.2) is 0 Å².